The van der Waals surface area contributed by atoms with Gasteiger partial charge in [-0.3, -0.25) is 4.90 Å². The number of piperazine rings is 1. The third-order valence-corrected chi connectivity index (χ3v) is 5.38. The zero-order valence-corrected chi connectivity index (χ0v) is 18.1. The van der Waals surface area contributed by atoms with Gasteiger partial charge in [-0.25, -0.2) is 14.5 Å². The molecule has 9 nitrogen and oxygen atoms in total. The molecule has 10 heteroatoms. The van der Waals surface area contributed by atoms with Crippen LogP contribution < -0.4 is 15.0 Å². The van der Waals surface area contributed by atoms with Crippen molar-refractivity contribution < 1.29 is 9.47 Å². The number of rotatable bonds is 7. The highest BCUT2D eigenvalue weighted by Crippen LogP contribution is 2.33. The van der Waals surface area contributed by atoms with Gasteiger partial charge < -0.3 is 19.7 Å². The molecular formula is C19H24BrN7O2. The zero-order valence-electron chi connectivity index (χ0n) is 16.5. The van der Waals surface area contributed by atoms with Crippen LogP contribution in [0.1, 0.15) is 0 Å². The number of ether oxygens (including phenoxy) is 2. The average molecular weight is 462 g/mol. The second kappa shape index (κ2) is 8.93. The van der Waals surface area contributed by atoms with E-state index >= 15 is 0 Å². The van der Waals surface area contributed by atoms with Gasteiger partial charge >= 0.3 is 0 Å². The van der Waals surface area contributed by atoms with E-state index in [0.29, 0.717) is 16.1 Å². The number of fused-ring (bicyclic) bond motifs is 1. The van der Waals surface area contributed by atoms with Crippen molar-refractivity contribution in [3.63, 3.8) is 0 Å². The molecule has 1 aliphatic heterocycles. The van der Waals surface area contributed by atoms with E-state index in [9.17, 15) is 0 Å². The van der Waals surface area contributed by atoms with Crippen molar-refractivity contribution in [2.24, 2.45) is 0 Å². The highest BCUT2D eigenvalue weighted by atomic mass is 79.9. The van der Waals surface area contributed by atoms with Crippen molar-refractivity contribution in [3.8, 4) is 5.75 Å². The summed E-state index contributed by atoms with van der Waals surface area (Å²) in [6.07, 6.45) is 3.27. The summed E-state index contributed by atoms with van der Waals surface area (Å²) in [5.41, 5.74) is 2.63. The Morgan fingerprint density at radius 2 is 2.00 bits per heavy atom. The molecule has 0 saturated carbocycles. The molecule has 154 valence electrons. The summed E-state index contributed by atoms with van der Waals surface area (Å²) < 4.78 is 13.2. The van der Waals surface area contributed by atoms with Crippen molar-refractivity contribution in [2.45, 2.75) is 0 Å². The molecule has 3 heterocycles. The summed E-state index contributed by atoms with van der Waals surface area (Å²) in [5.74, 6) is 1.45. The maximum Gasteiger partial charge on any atom is 0.198 e. The number of methoxy groups -OCH3 is 2. The number of halogens is 1. The summed E-state index contributed by atoms with van der Waals surface area (Å²) in [5, 5.41) is 7.49. The minimum Gasteiger partial charge on any atom is -0.495 e. The third-order valence-electron chi connectivity index (χ3n) is 5.00. The van der Waals surface area contributed by atoms with Gasteiger partial charge in [0.25, 0.3) is 0 Å². The van der Waals surface area contributed by atoms with Gasteiger partial charge in [0.2, 0.25) is 0 Å². The molecule has 0 radical (unpaired) electrons. The van der Waals surface area contributed by atoms with Gasteiger partial charge in [-0.05, 0) is 28.1 Å². The van der Waals surface area contributed by atoms with E-state index in [-0.39, 0.29) is 0 Å². The molecule has 1 aromatic carbocycles. The molecular weight excluding hydrogens is 438 g/mol. The monoisotopic (exact) mass is 461 g/mol. The molecule has 3 aromatic rings. The van der Waals surface area contributed by atoms with Crippen LogP contribution in [0.4, 0.5) is 17.2 Å². The second-order valence-corrected chi connectivity index (χ2v) is 7.59. The Labute approximate surface area is 177 Å². The van der Waals surface area contributed by atoms with Crippen molar-refractivity contribution in [1.82, 2.24) is 24.5 Å². The molecule has 0 aliphatic carbocycles. The molecule has 0 amide bonds. The number of benzene rings is 1. The summed E-state index contributed by atoms with van der Waals surface area (Å²) in [6, 6.07) is 6.11. The van der Waals surface area contributed by atoms with E-state index in [4.69, 9.17) is 9.47 Å². The standard InChI is InChI=1S/C19H24BrN7O2/c1-28-10-9-25-5-7-26(8-6-25)15-4-3-14(11-16(15)29-2)23-18-19-21-13-22-27(19)12-17(20)24-18/h3-4,11-13H,5-10H2,1-2H3,(H,23,24). The first-order valence-corrected chi connectivity index (χ1v) is 10.2. The number of nitrogens with one attached hydrogen (secondary N) is 1. The van der Waals surface area contributed by atoms with Gasteiger partial charge in [0.1, 0.15) is 16.7 Å². The van der Waals surface area contributed by atoms with E-state index in [1.54, 1.807) is 24.9 Å². The maximum absolute atomic E-state index is 5.69. The highest BCUT2D eigenvalue weighted by Gasteiger charge is 2.20. The van der Waals surface area contributed by atoms with Gasteiger partial charge in [-0.2, -0.15) is 5.10 Å². The third kappa shape index (κ3) is 4.44. The highest BCUT2D eigenvalue weighted by molar-refractivity contribution is 9.10. The van der Waals surface area contributed by atoms with Crippen molar-refractivity contribution in [2.75, 3.05) is 63.8 Å². The van der Waals surface area contributed by atoms with Crippen LogP contribution in [-0.2, 0) is 4.74 Å². The molecule has 1 N–H and O–H groups in total. The van der Waals surface area contributed by atoms with Gasteiger partial charge in [0, 0.05) is 51.6 Å². The Kier molecular flexibility index (Phi) is 6.12. The molecule has 0 spiro atoms. The van der Waals surface area contributed by atoms with Crippen LogP contribution in [0, 0.1) is 0 Å². The first-order valence-electron chi connectivity index (χ1n) is 9.45. The van der Waals surface area contributed by atoms with Crippen LogP contribution in [0.2, 0.25) is 0 Å². The Bertz CT molecular complexity index is 972. The lowest BCUT2D eigenvalue weighted by atomic mass is 10.2. The molecule has 1 aliphatic rings. The van der Waals surface area contributed by atoms with Crippen LogP contribution in [0.25, 0.3) is 5.65 Å². The van der Waals surface area contributed by atoms with Crippen molar-refractivity contribution >= 4 is 38.8 Å². The van der Waals surface area contributed by atoms with Gasteiger partial charge in [0.15, 0.2) is 11.5 Å². The lowest BCUT2D eigenvalue weighted by molar-refractivity contribution is 0.144. The predicted molar refractivity (Wildman–Crippen MR) is 115 cm³/mol. The lowest BCUT2D eigenvalue weighted by Crippen LogP contribution is -2.47. The topological polar surface area (TPSA) is 80.1 Å². The van der Waals surface area contributed by atoms with E-state index in [2.05, 4.69) is 52.2 Å². The number of nitrogens with zero attached hydrogens (tertiary/aromatic N) is 6. The number of aromatic nitrogens is 4. The van der Waals surface area contributed by atoms with E-state index < -0.39 is 0 Å². The SMILES string of the molecule is COCCN1CCN(c2ccc(Nc3nc(Br)cn4ncnc34)cc2OC)CC1. The fourth-order valence-corrected chi connectivity index (χ4v) is 3.84. The normalized spacial score (nSPS) is 15.1. The number of hydrogen-bond acceptors (Lipinski definition) is 8. The summed E-state index contributed by atoms with van der Waals surface area (Å²) in [7, 11) is 3.44. The van der Waals surface area contributed by atoms with E-state index in [0.717, 1.165) is 56.5 Å². The summed E-state index contributed by atoms with van der Waals surface area (Å²) >= 11 is 3.41. The fraction of sp³-hybridized carbons (Fsp3) is 0.421. The Morgan fingerprint density at radius 1 is 1.17 bits per heavy atom. The first kappa shape index (κ1) is 19.9. The molecule has 2 aromatic heterocycles. The molecule has 1 fully saturated rings. The Hall–Kier alpha value is -2.43. The van der Waals surface area contributed by atoms with Crippen LogP contribution in [0.3, 0.4) is 0 Å². The number of anilines is 3. The lowest BCUT2D eigenvalue weighted by Gasteiger charge is -2.36. The molecule has 0 unspecified atom stereocenters. The van der Waals surface area contributed by atoms with Gasteiger partial charge in [-0.15, -0.1) is 0 Å². The molecule has 0 bridgehead atoms. The minimum atomic E-state index is 0.624. The quantitative estimate of drug-likeness (QED) is 0.574. The van der Waals surface area contributed by atoms with E-state index in [1.165, 1.54) is 6.33 Å². The predicted octanol–water partition coefficient (Wildman–Crippen LogP) is 2.41. The summed E-state index contributed by atoms with van der Waals surface area (Å²) in [4.78, 5) is 13.5. The van der Waals surface area contributed by atoms with Crippen molar-refractivity contribution in [1.29, 1.82) is 0 Å². The molecule has 0 atom stereocenters. The van der Waals surface area contributed by atoms with Crippen LogP contribution >= 0.6 is 15.9 Å². The van der Waals surface area contributed by atoms with E-state index in [1.807, 2.05) is 12.1 Å². The molecule has 29 heavy (non-hydrogen) atoms. The summed E-state index contributed by atoms with van der Waals surface area (Å²) in [6.45, 7) is 5.69. The Balaban J connectivity index is 1.51. The largest absolute Gasteiger partial charge is 0.495 e. The minimum absolute atomic E-state index is 0.624. The van der Waals surface area contributed by atoms with Crippen LogP contribution in [-0.4, -0.2) is 78.0 Å². The second-order valence-electron chi connectivity index (χ2n) is 6.77. The smallest absolute Gasteiger partial charge is 0.198 e. The zero-order chi connectivity index (χ0) is 20.2. The number of hydrogen-bond donors (Lipinski definition) is 1. The average Bonchev–Trinajstić information content (AvgIpc) is 3.21. The first-order chi connectivity index (χ1) is 14.2. The molecule has 1 saturated heterocycles. The van der Waals surface area contributed by atoms with Crippen molar-refractivity contribution in [3.05, 3.63) is 35.3 Å². The maximum atomic E-state index is 5.69. The Morgan fingerprint density at radius 3 is 2.76 bits per heavy atom. The van der Waals surface area contributed by atoms with Crippen LogP contribution in [0.15, 0.2) is 35.3 Å². The van der Waals surface area contributed by atoms with Gasteiger partial charge in [0.05, 0.1) is 25.6 Å². The van der Waals surface area contributed by atoms with Crippen LogP contribution in [0.5, 0.6) is 5.75 Å². The molecule has 4 rings (SSSR count). The fourth-order valence-electron chi connectivity index (χ4n) is 3.47. The van der Waals surface area contributed by atoms with Gasteiger partial charge in [-0.1, -0.05) is 0 Å².